The molecule has 1 heterocycles. The zero-order valence-electron chi connectivity index (χ0n) is 11.4. The number of halogens is 1. The Morgan fingerprint density at radius 2 is 2.37 bits per heavy atom. The number of ether oxygens (including phenoxy) is 1. The summed E-state index contributed by atoms with van der Waals surface area (Å²) in [7, 11) is 0. The first kappa shape index (κ1) is 14.8. The van der Waals surface area contributed by atoms with Crippen LogP contribution in [0, 0.1) is 5.82 Å². The van der Waals surface area contributed by atoms with Crippen molar-refractivity contribution in [2.45, 2.75) is 49.6 Å². The van der Waals surface area contributed by atoms with Crippen LogP contribution in [0.3, 0.4) is 0 Å². The van der Waals surface area contributed by atoms with Crippen molar-refractivity contribution in [1.29, 1.82) is 0 Å². The summed E-state index contributed by atoms with van der Waals surface area (Å²) < 4.78 is 19.6. The van der Waals surface area contributed by atoms with E-state index >= 15 is 0 Å². The smallest absolute Gasteiger partial charge is 0.137 e. The Morgan fingerprint density at radius 1 is 1.53 bits per heavy atom. The minimum atomic E-state index is -0.135. The van der Waals surface area contributed by atoms with Gasteiger partial charge in [0.05, 0.1) is 6.10 Å². The summed E-state index contributed by atoms with van der Waals surface area (Å²) >= 11 is 1.57. The molecular formula is C15H22FNOS. The number of hydrogen-bond acceptors (Lipinski definition) is 3. The number of rotatable bonds is 6. The second-order valence-electron chi connectivity index (χ2n) is 5.05. The topological polar surface area (TPSA) is 35.2 Å². The van der Waals surface area contributed by atoms with Gasteiger partial charge < -0.3 is 10.5 Å². The van der Waals surface area contributed by atoms with E-state index in [1.807, 2.05) is 6.07 Å². The molecule has 2 nitrogen and oxygen atoms in total. The third kappa shape index (κ3) is 4.20. The second-order valence-corrected chi connectivity index (χ2v) is 6.08. The standard InChI is InChI=1S/C15H22FNOS/c1-2-12(17)9-11-5-3-7-14(16)15(11)19-10-13-6-4-8-18-13/h3,5,7,12-13H,2,4,6,8-10,17H2,1H3. The van der Waals surface area contributed by atoms with E-state index in [0.29, 0.717) is 0 Å². The molecule has 2 rings (SSSR count). The molecule has 0 spiro atoms. The monoisotopic (exact) mass is 283 g/mol. The maximum Gasteiger partial charge on any atom is 0.137 e. The van der Waals surface area contributed by atoms with Crippen molar-refractivity contribution >= 4 is 11.8 Å². The van der Waals surface area contributed by atoms with Gasteiger partial charge in [0, 0.05) is 23.3 Å². The van der Waals surface area contributed by atoms with Gasteiger partial charge in [-0.1, -0.05) is 19.1 Å². The molecule has 1 fully saturated rings. The third-order valence-electron chi connectivity index (χ3n) is 3.49. The van der Waals surface area contributed by atoms with Crippen molar-refractivity contribution in [3.8, 4) is 0 Å². The normalized spacial score (nSPS) is 20.7. The molecule has 1 aliphatic heterocycles. The fourth-order valence-corrected chi connectivity index (χ4v) is 3.41. The van der Waals surface area contributed by atoms with Gasteiger partial charge >= 0.3 is 0 Å². The molecule has 1 aliphatic rings. The van der Waals surface area contributed by atoms with Crippen LogP contribution < -0.4 is 5.73 Å². The van der Waals surface area contributed by atoms with Gasteiger partial charge in [-0.25, -0.2) is 4.39 Å². The van der Waals surface area contributed by atoms with Gasteiger partial charge in [0.1, 0.15) is 5.82 Å². The van der Waals surface area contributed by atoms with Crippen LogP contribution in [0.1, 0.15) is 31.7 Å². The quantitative estimate of drug-likeness (QED) is 0.813. The molecule has 0 radical (unpaired) electrons. The fraction of sp³-hybridized carbons (Fsp3) is 0.600. The Balaban J connectivity index is 2.03. The van der Waals surface area contributed by atoms with Crippen molar-refractivity contribution in [3.05, 3.63) is 29.6 Å². The van der Waals surface area contributed by atoms with E-state index in [4.69, 9.17) is 10.5 Å². The van der Waals surface area contributed by atoms with Crippen LogP contribution in [0.25, 0.3) is 0 Å². The number of hydrogen-bond donors (Lipinski definition) is 1. The largest absolute Gasteiger partial charge is 0.377 e. The first-order valence-corrected chi connectivity index (χ1v) is 7.96. The summed E-state index contributed by atoms with van der Waals surface area (Å²) in [6, 6.07) is 5.38. The van der Waals surface area contributed by atoms with E-state index < -0.39 is 0 Å². The Kier molecular flexibility index (Phi) is 5.67. The van der Waals surface area contributed by atoms with Crippen LogP contribution in [0.4, 0.5) is 4.39 Å². The highest BCUT2D eigenvalue weighted by Crippen LogP contribution is 2.30. The van der Waals surface area contributed by atoms with E-state index in [1.54, 1.807) is 17.8 Å². The number of nitrogens with two attached hydrogens (primary N) is 1. The highest BCUT2D eigenvalue weighted by Gasteiger charge is 2.18. The molecule has 106 valence electrons. The summed E-state index contributed by atoms with van der Waals surface area (Å²) in [6.45, 7) is 2.90. The molecule has 0 aromatic heterocycles. The van der Waals surface area contributed by atoms with Crippen molar-refractivity contribution in [3.63, 3.8) is 0 Å². The maximum absolute atomic E-state index is 14.0. The van der Waals surface area contributed by atoms with Crippen molar-refractivity contribution < 1.29 is 9.13 Å². The summed E-state index contributed by atoms with van der Waals surface area (Å²) in [6.07, 6.45) is 4.13. The van der Waals surface area contributed by atoms with Gasteiger partial charge in [0.2, 0.25) is 0 Å². The fourth-order valence-electron chi connectivity index (χ4n) is 2.25. The summed E-state index contributed by atoms with van der Waals surface area (Å²) in [5.41, 5.74) is 7.01. The molecule has 2 atom stereocenters. The highest BCUT2D eigenvalue weighted by molar-refractivity contribution is 7.99. The van der Waals surface area contributed by atoms with E-state index in [-0.39, 0.29) is 18.0 Å². The summed E-state index contributed by atoms with van der Waals surface area (Å²) in [5.74, 6) is 0.693. The Labute approximate surface area is 118 Å². The van der Waals surface area contributed by atoms with Crippen molar-refractivity contribution in [1.82, 2.24) is 0 Å². The Bertz CT molecular complexity index is 407. The molecule has 0 amide bonds. The molecular weight excluding hydrogens is 261 g/mol. The second kappa shape index (κ2) is 7.27. The highest BCUT2D eigenvalue weighted by atomic mass is 32.2. The first-order valence-electron chi connectivity index (χ1n) is 6.98. The zero-order valence-corrected chi connectivity index (χ0v) is 12.2. The van der Waals surface area contributed by atoms with Crippen molar-refractivity contribution in [2.75, 3.05) is 12.4 Å². The number of benzene rings is 1. The average Bonchev–Trinajstić information content (AvgIpc) is 2.91. The lowest BCUT2D eigenvalue weighted by molar-refractivity contribution is 0.129. The molecule has 2 N–H and O–H groups in total. The molecule has 1 aromatic rings. The van der Waals surface area contributed by atoms with E-state index in [0.717, 1.165) is 48.5 Å². The van der Waals surface area contributed by atoms with Gasteiger partial charge in [0.15, 0.2) is 0 Å². The van der Waals surface area contributed by atoms with E-state index in [1.165, 1.54) is 6.07 Å². The molecule has 1 saturated heterocycles. The van der Waals surface area contributed by atoms with Crippen LogP contribution >= 0.6 is 11.8 Å². The maximum atomic E-state index is 14.0. The minimum absolute atomic E-state index is 0.101. The van der Waals surface area contributed by atoms with Gasteiger partial charge in [0.25, 0.3) is 0 Å². The summed E-state index contributed by atoms with van der Waals surface area (Å²) in [5, 5.41) is 0. The Morgan fingerprint density at radius 3 is 3.05 bits per heavy atom. The van der Waals surface area contributed by atoms with Crippen molar-refractivity contribution in [2.24, 2.45) is 5.73 Å². The van der Waals surface area contributed by atoms with Crippen LogP contribution in [-0.2, 0) is 11.2 Å². The molecule has 19 heavy (non-hydrogen) atoms. The van der Waals surface area contributed by atoms with Crippen LogP contribution in [0.5, 0.6) is 0 Å². The summed E-state index contributed by atoms with van der Waals surface area (Å²) in [4.78, 5) is 0.752. The van der Waals surface area contributed by atoms with E-state index in [9.17, 15) is 4.39 Å². The van der Waals surface area contributed by atoms with Crippen LogP contribution in [0.2, 0.25) is 0 Å². The number of thioether (sulfide) groups is 1. The van der Waals surface area contributed by atoms with Gasteiger partial charge in [-0.15, -0.1) is 11.8 Å². The lowest BCUT2D eigenvalue weighted by Crippen LogP contribution is -2.22. The van der Waals surface area contributed by atoms with Crippen LogP contribution in [-0.4, -0.2) is 24.5 Å². The predicted octanol–water partition coefficient (Wildman–Crippen LogP) is 3.38. The van der Waals surface area contributed by atoms with Crippen LogP contribution in [0.15, 0.2) is 23.1 Å². The molecule has 0 aliphatic carbocycles. The molecule has 0 saturated carbocycles. The SMILES string of the molecule is CCC(N)Cc1cccc(F)c1SCC1CCCO1. The van der Waals surface area contributed by atoms with Gasteiger partial charge in [-0.3, -0.25) is 0 Å². The molecule has 2 unspecified atom stereocenters. The molecule has 4 heteroatoms. The lowest BCUT2D eigenvalue weighted by Gasteiger charge is -2.15. The first-order chi connectivity index (χ1) is 9.20. The zero-order chi connectivity index (χ0) is 13.7. The van der Waals surface area contributed by atoms with Gasteiger partial charge in [-0.05, 0) is 37.3 Å². The average molecular weight is 283 g/mol. The third-order valence-corrected chi connectivity index (χ3v) is 4.78. The Hall–Kier alpha value is -0.580. The molecule has 1 aromatic carbocycles. The van der Waals surface area contributed by atoms with E-state index in [2.05, 4.69) is 6.92 Å². The predicted molar refractivity (Wildman–Crippen MR) is 78.1 cm³/mol. The van der Waals surface area contributed by atoms with Gasteiger partial charge in [-0.2, -0.15) is 0 Å². The molecule has 0 bridgehead atoms. The minimum Gasteiger partial charge on any atom is -0.377 e. The lowest BCUT2D eigenvalue weighted by atomic mass is 10.0.